The van der Waals surface area contributed by atoms with E-state index in [1.807, 2.05) is 30.3 Å². The van der Waals surface area contributed by atoms with Gasteiger partial charge in [-0.2, -0.15) is 0 Å². The summed E-state index contributed by atoms with van der Waals surface area (Å²) in [5.74, 6) is -0.145. The predicted molar refractivity (Wildman–Crippen MR) is 58.9 cm³/mol. The fraction of sp³-hybridized carbons (Fsp3) is 0.333. The molecule has 0 aromatic heterocycles. The molecule has 0 amide bonds. The van der Waals surface area contributed by atoms with E-state index in [4.69, 9.17) is 10.7 Å². The zero-order valence-electron chi connectivity index (χ0n) is 7.85. The average molecular weight is 247 g/mol. The molecule has 0 saturated carbocycles. The third-order valence-electron chi connectivity index (χ3n) is 2.46. The van der Waals surface area contributed by atoms with E-state index in [1.165, 1.54) is 0 Å². The SMILES string of the molecule is O=S(=O)(Cl)C1NNCC1c1ccccc1. The standard InChI is InChI=1S/C9H11ClN2O2S/c10-15(13,14)9-8(6-11-12-9)7-4-2-1-3-5-7/h1-5,8-9,11-12H,6H2. The van der Waals surface area contributed by atoms with Gasteiger partial charge in [-0.25, -0.2) is 13.8 Å². The molecule has 1 saturated heterocycles. The van der Waals surface area contributed by atoms with Crippen LogP contribution in [0.5, 0.6) is 0 Å². The fourth-order valence-electron chi connectivity index (χ4n) is 1.74. The van der Waals surface area contributed by atoms with E-state index >= 15 is 0 Å². The van der Waals surface area contributed by atoms with E-state index in [0.717, 1.165) is 5.56 Å². The highest BCUT2D eigenvalue weighted by molar-refractivity contribution is 8.14. The van der Waals surface area contributed by atoms with Crippen LogP contribution in [0.4, 0.5) is 0 Å². The van der Waals surface area contributed by atoms with Crippen molar-refractivity contribution in [3.8, 4) is 0 Å². The maximum atomic E-state index is 11.3. The average Bonchev–Trinajstić information content (AvgIpc) is 2.67. The molecule has 0 bridgehead atoms. The highest BCUT2D eigenvalue weighted by atomic mass is 35.7. The van der Waals surface area contributed by atoms with Crippen molar-refractivity contribution in [3.05, 3.63) is 35.9 Å². The summed E-state index contributed by atoms with van der Waals surface area (Å²) < 4.78 is 22.6. The summed E-state index contributed by atoms with van der Waals surface area (Å²) in [6, 6.07) is 9.45. The van der Waals surface area contributed by atoms with Crippen LogP contribution < -0.4 is 10.9 Å². The molecule has 2 rings (SSSR count). The monoisotopic (exact) mass is 246 g/mol. The van der Waals surface area contributed by atoms with Crippen LogP contribution in [-0.2, 0) is 9.05 Å². The second-order valence-corrected chi connectivity index (χ2v) is 6.19. The Balaban J connectivity index is 2.30. The van der Waals surface area contributed by atoms with Gasteiger partial charge in [0.05, 0.1) is 0 Å². The van der Waals surface area contributed by atoms with Crippen LogP contribution in [0.3, 0.4) is 0 Å². The van der Waals surface area contributed by atoms with Crippen molar-refractivity contribution in [1.82, 2.24) is 10.9 Å². The van der Waals surface area contributed by atoms with Crippen LogP contribution in [0.25, 0.3) is 0 Å². The quantitative estimate of drug-likeness (QED) is 0.757. The molecule has 1 aliphatic rings. The lowest BCUT2D eigenvalue weighted by molar-refractivity contribution is 0.566. The van der Waals surface area contributed by atoms with Crippen molar-refractivity contribution in [1.29, 1.82) is 0 Å². The minimum absolute atomic E-state index is 0.145. The normalized spacial score (nSPS) is 26.7. The van der Waals surface area contributed by atoms with Gasteiger partial charge in [0.25, 0.3) is 0 Å². The second kappa shape index (κ2) is 4.09. The summed E-state index contributed by atoms with van der Waals surface area (Å²) in [7, 11) is 1.75. The Morgan fingerprint density at radius 1 is 1.27 bits per heavy atom. The number of hydrogen-bond acceptors (Lipinski definition) is 4. The van der Waals surface area contributed by atoms with Crippen molar-refractivity contribution >= 4 is 19.7 Å². The largest absolute Gasteiger partial charge is 0.256 e. The Labute approximate surface area is 93.0 Å². The lowest BCUT2D eigenvalue weighted by Crippen LogP contribution is -2.35. The molecule has 0 radical (unpaired) electrons. The Morgan fingerprint density at radius 2 is 1.93 bits per heavy atom. The number of hydrazine groups is 1. The molecule has 1 heterocycles. The zero-order chi connectivity index (χ0) is 10.9. The van der Waals surface area contributed by atoms with Crippen LogP contribution in [0.15, 0.2) is 30.3 Å². The van der Waals surface area contributed by atoms with E-state index in [-0.39, 0.29) is 5.92 Å². The molecule has 82 valence electrons. The van der Waals surface area contributed by atoms with Gasteiger partial charge in [-0.05, 0) is 5.56 Å². The van der Waals surface area contributed by atoms with Gasteiger partial charge in [-0.1, -0.05) is 30.3 Å². The Bertz CT molecular complexity index is 435. The molecule has 0 spiro atoms. The number of benzene rings is 1. The van der Waals surface area contributed by atoms with E-state index in [1.54, 1.807) is 0 Å². The second-order valence-electron chi connectivity index (χ2n) is 3.44. The van der Waals surface area contributed by atoms with Crippen LogP contribution >= 0.6 is 10.7 Å². The third kappa shape index (κ3) is 2.31. The molecule has 0 aliphatic carbocycles. The maximum Gasteiger partial charge on any atom is 0.250 e. The summed E-state index contributed by atoms with van der Waals surface area (Å²) >= 11 is 0. The molecule has 1 fully saturated rings. The lowest BCUT2D eigenvalue weighted by Gasteiger charge is -2.15. The lowest BCUT2D eigenvalue weighted by atomic mass is 10.0. The summed E-state index contributed by atoms with van der Waals surface area (Å²) in [5, 5.41) is -0.762. The molecule has 1 aliphatic heterocycles. The van der Waals surface area contributed by atoms with Gasteiger partial charge in [0.1, 0.15) is 5.37 Å². The summed E-state index contributed by atoms with van der Waals surface area (Å²) in [4.78, 5) is 0. The molecule has 6 heteroatoms. The van der Waals surface area contributed by atoms with Crippen LogP contribution in [0.1, 0.15) is 11.5 Å². The number of halogens is 1. The van der Waals surface area contributed by atoms with Crippen molar-refractivity contribution in [2.45, 2.75) is 11.3 Å². The van der Waals surface area contributed by atoms with Crippen LogP contribution in [0.2, 0.25) is 0 Å². The van der Waals surface area contributed by atoms with Crippen molar-refractivity contribution in [2.24, 2.45) is 0 Å². The predicted octanol–water partition coefficient (Wildman–Crippen LogP) is 0.773. The third-order valence-corrected chi connectivity index (χ3v) is 4.09. The number of nitrogens with one attached hydrogen (secondary N) is 2. The molecule has 2 unspecified atom stereocenters. The van der Waals surface area contributed by atoms with Crippen molar-refractivity contribution in [2.75, 3.05) is 6.54 Å². The van der Waals surface area contributed by atoms with Gasteiger partial charge in [-0.3, -0.25) is 5.43 Å². The first kappa shape index (κ1) is 10.9. The molecule has 1 aromatic carbocycles. The van der Waals surface area contributed by atoms with Crippen molar-refractivity contribution < 1.29 is 8.42 Å². The Morgan fingerprint density at radius 3 is 2.53 bits per heavy atom. The van der Waals surface area contributed by atoms with E-state index in [9.17, 15) is 8.42 Å². The molecular formula is C9H11ClN2O2S. The van der Waals surface area contributed by atoms with Gasteiger partial charge < -0.3 is 0 Å². The summed E-state index contributed by atoms with van der Waals surface area (Å²) in [6.07, 6.45) is 0. The summed E-state index contributed by atoms with van der Waals surface area (Å²) in [5.41, 5.74) is 6.45. The van der Waals surface area contributed by atoms with E-state index < -0.39 is 14.4 Å². The smallest absolute Gasteiger partial charge is 0.250 e. The molecule has 15 heavy (non-hydrogen) atoms. The first-order valence-electron chi connectivity index (χ1n) is 4.56. The molecule has 1 aromatic rings. The highest BCUT2D eigenvalue weighted by Crippen LogP contribution is 2.26. The molecule has 2 N–H and O–H groups in total. The van der Waals surface area contributed by atoms with Gasteiger partial charge in [0.15, 0.2) is 0 Å². The zero-order valence-corrected chi connectivity index (χ0v) is 9.42. The van der Waals surface area contributed by atoms with E-state index in [0.29, 0.717) is 6.54 Å². The minimum atomic E-state index is -3.60. The van der Waals surface area contributed by atoms with Gasteiger partial charge in [0.2, 0.25) is 9.05 Å². The van der Waals surface area contributed by atoms with Crippen LogP contribution in [0, 0.1) is 0 Å². The van der Waals surface area contributed by atoms with Crippen LogP contribution in [-0.4, -0.2) is 20.3 Å². The Hall–Kier alpha value is -0.620. The number of rotatable bonds is 2. The molecule has 4 nitrogen and oxygen atoms in total. The van der Waals surface area contributed by atoms with E-state index in [2.05, 4.69) is 10.9 Å². The van der Waals surface area contributed by atoms with Gasteiger partial charge in [0, 0.05) is 23.1 Å². The molecule has 2 atom stereocenters. The van der Waals surface area contributed by atoms with Gasteiger partial charge >= 0.3 is 0 Å². The minimum Gasteiger partial charge on any atom is -0.256 e. The summed E-state index contributed by atoms with van der Waals surface area (Å²) in [6.45, 7) is 0.556. The molecular weight excluding hydrogens is 236 g/mol. The topological polar surface area (TPSA) is 58.2 Å². The highest BCUT2D eigenvalue weighted by Gasteiger charge is 2.36. The number of hydrogen-bond donors (Lipinski definition) is 2. The van der Waals surface area contributed by atoms with Gasteiger partial charge in [-0.15, -0.1) is 0 Å². The fourth-order valence-corrected chi connectivity index (χ4v) is 3.11. The first-order chi connectivity index (χ1) is 7.09. The Kier molecular flexibility index (Phi) is 2.97. The van der Waals surface area contributed by atoms with Crippen molar-refractivity contribution in [3.63, 3.8) is 0 Å². The maximum absolute atomic E-state index is 11.3. The first-order valence-corrected chi connectivity index (χ1v) is 6.93.